The van der Waals surface area contributed by atoms with Crippen LogP contribution in [0.1, 0.15) is 63.5 Å². The van der Waals surface area contributed by atoms with Crippen molar-refractivity contribution in [2.24, 2.45) is 17.8 Å². The highest BCUT2D eigenvalue weighted by atomic mass is 35.5. The second-order valence-electron chi connectivity index (χ2n) is 7.79. The lowest BCUT2D eigenvalue weighted by atomic mass is 9.85. The molecule has 0 spiro atoms. The Hall–Kier alpha value is -1.06. The van der Waals surface area contributed by atoms with E-state index < -0.39 is 0 Å². The fourth-order valence-electron chi connectivity index (χ4n) is 4.48. The van der Waals surface area contributed by atoms with Gasteiger partial charge >= 0.3 is 0 Å². The smallest absolute Gasteiger partial charge is 0.220 e. The van der Waals surface area contributed by atoms with Gasteiger partial charge in [-0.25, -0.2) is 0 Å². The minimum Gasteiger partial charge on any atom is -0.349 e. The molecule has 2 N–H and O–H groups in total. The topological polar surface area (TPSA) is 41.1 Å². The maximum Gasteiger partial charge on any atom is 0.220 e. The molecule has 140 valence electrons. The monoisotopic (exact) mass is 364 g/mol. The average Bonchev–Trinajstić information content (AvgIpc) is 3.15. The second-order valence-corrected chi connectivity index (χ2v) is 7.79. The molecular weight excluding hydrogens is 332 g/mol. The summed E-state index contributed by atoms with van der Waals surface area (Å²) in [6.45, 7) is 4.44. The number of benzene rings is 1. The van der Waals surface area contributed by atoms with Gasteiger partial charge in [-0.2, -0.15) is 0 Å². The molecule has 1 aliphatic heterocycles. The Balaban J connectivity index is 0.00000225. The van der Waals surface area contributed by atoms with E-state index in [9.17, 15) is 4.79 Å². The number of hydrogen-bond donors (Lipinski definition) is 2. The molecule has 1 amide bonds. The number of halogens is 1. The molecule has 0 aromatic heterocycles. The minimum absolute atomic E-state index is 0. The zero-order chi connectivity index (χ0) is 16.8. The number of carbonyl (C=O) groups is 1. The van der Waals surface area contributed by atoms with Crippen molar-refractivity contribution in [3.63, 3.8) is 0 Å². The van der Waals surface area contributed by atoms with E-state index in [1.165, 1.54) is 44.1 Å². The standard InChI is InChI=1S/C21H32N2O.ClH/c1-16(19-12-7-13-22-15-19)14-20(24)23-21(18-10-5-6-11-18)17-8-3-2-4-9-17;/h2-4,8-9,16,18-19,21-22H,5-7,10-15H2,1H3,(H,23,24);1H. The Labute approximate surface area is 158 Å². The van der Waals surface area contributed by atoms with Gasteiger partial charge in [-0.15, -0.1) is 12.4 Å². The van der Waals surface area contributed by atoms with E-state index >= 15 is 0 Å². The highest BCUT2D eigenvalue weighted by molar-refractivity contribution is 5.85. The van der Waals surface area contributed by atoms with Crippen LogP contribution in [-0.4, -0.2) is 19.0 Å². The van der Waals surface area contributed by atoms with Crippen molar-refractivity contribution < 1.29 is 4.79 Å². The van der Waals surface area contributed by atoms with Crippen LogP contribution >= 0.6 is 12.4 Å². The molecule has 0 bridgehead atoms. The molecule has 2 fully saturated rings. The molecule has 3 nitrogen and oxygen atoms in total. The third kappa shape index (κ3) is 5.72. The molecule has 1 aromatic carbocycles. The van der Waals surface area contributed by atoms with Crippen LogP contribution in [0.4, 0.5) is 0 Å². The molecule has 25 heavy (non-hydrogen) atoms. The van der Waals surface area contributed by atoms with Crippen molar-refractivity contribution in [3.05, 3.63) is 35.9 Å². The fourth-order valence-corrected chi connectivity index (χ4v) is 4.48. The fraction of sp³-hybridized carbons (Fsp3) is 0.667. The first-order valence-electron chi connectivity index (χ1n) is 9.79. The summed E-state index contributed by atoms with van der Waals surface area (Å²) in [5.74, 6) is 1.93. The number of rotatable bonds is 6. The third-order valence-corrected chi connectivity index (χ3v) is 5.99. The van der Waals surface area contributed by atoms with E-state index in [0.717, 1.165) is 13.1 Å². The molecule has 1 aromatic rings. The summed E-state index contributed by atoms with van der Waals surface area (Å²) in [4.78, 5) is 12.7. The van der Waals surface area contributed by atoms with Gasteiger partial charge in [0.05, 0.1) is 6.04 Å². The maximum absolute atomic E-state index is 12.7. The molecule has 4 heteroatoms. The van der Waals surface area contributed by atoms with Gasteiger partial charge in [0.1, 0.15) is 0 Å². The summed E-state index contributed by atoms with van der Waals surface area (Å²) < 4.78 is 0. The van der Waals surface area contributed by atoms with Crippen LogP contribution in [-0.2, 0) is 4.79 Å². The average molecular weight is 365 g/mol. The summed E-state index contributed by atoms with van der Waals surface area (Å²) >= 11 is 0. The predicted octanol–water partition coefficient (Wildman–Crippen LogP) is 4.48. The number of carbonyl (C=O) groups excluding carboxylic acids is 1. The highest BCUT2D eigenvalue weighted by Crippen LogP contribution is 2.36. The summed E-state index contributed by atoms with van der Waals surface area (Å²) in [7, 11) is 0. The molecule has 2 aliphatic rings. The second kappa shape index (κ2) is 10.2. The SMILES string of the molecule is CC(CC(=O)NC(c1ccccc1)C1CCCC1)C1CCCNC1.Cl. The third-order valence-electron chi connectivity index (χ3n) is 5.99. The van der Waals surface area contributed by atoms with E-state index in [1.807, 2.05) is 0 Å². The van der Waals surface area contributed by atoms with Crippen LogP contribution in [0.2, 0.25) is 0 Å². The summed E-state index contributed by atoms with van der Waals surface area (Å²) in [5.41, 5.74) is 1.27. The van der Waals surface area contributed by atoms with E-state index in [1.54, 1.807) is 0 Å². The van der Waals surface area contributed by atoms with Crippen molar-refractivity contribution >= 4 is 18.3 Å². The molecule has 1 heterocycles. The van der Waals surface area contributed by atoms with Crippen LogP contribution in [0, 0.1) is 17.8 Å². The molecule has 1 saturated carbocycles. The van der Waals surface area contributed by atoms with E-state index in [0.29, 0.717) is 24.2 Å². The van der Waals surface area contributed by atoms with Gasteiger partial charge in [-0.1, -0.05) is 50.1 Å². The molecule has 0 radical (unpaired) electrons. The normalized spacial score (nSPS) is 23.5. The lowest BCUT2D eigenvalue weighted by molar-refractivity contribution is -0.123. The van der Waals surface area contributed by atoms with E-state index in [-0.39, 0.29) is 24.4 Å². The molecular formula is C21H33ClN2O. The van der Waals surface area contributed by atoms with Gasteiger partial charge in [-0.05, 0) is 62.1 Å². The highest BCUT2D eigenvalue weighted by Gasteiger charge is 2.29. The van der Waals surface area contributed by atoms with Gasteiger partial charge in [0.2, 0.25) is 5.91 Å². The van der Waals surface area contributed by atoms with Crippen molar-refractivity contribution in [3.8, 4) is 0 Å². The molecule has 1 saturated heterocycles. The lowest BCUT2D eigenvalue weighted by Gasteiger charge is -2.30. The van der Waals surface area contributed by atoms with Crippen LogP contribution in [0.25, 0.3) is 0 Å². The Bertz CT molecular complexity index is 510. The van der Waals surface area contributed by atoms with Crippen molar-refractivity contribution in [1.82, 2.24) is 10.6 Å². The van der Waals surface area contributed by atoms with Gasteiger partial charge in [0, 0.05) is 6.42 Å². The summed E-state index contributed by atoms with van der Waals surface area (Å²) in [5, 5.41) is 6.85. The molecule has 3 rings (SSSR count). The largest absolute Gasteiger partial charge is 0.349 e. The number of nitrogens with one attached hydrogen (secondary N) is 2. The van der Waals surface area contributed by atoms with E-state index in [2.05, 4.69) is 47.9 Å². The molecule has 3 atom stereocenters. The van der Waals surface area contributed by atoms with Gasteiger partial charge < -0.3 is 10.6 Å². The van der Waals surface area contributed by atoms with E-state index in [4.69, 9.17) is 0 Å². The van der Waals surface area contributed by atoms with Crippen LogP contribution in [0.3, 0.4) is 0 Å². The number of piperidine rings is 1. The molecule has 1 aliphatic carbocycles. The predicted molar refractivity (Wildman–Crippen MR) is 106 cm³/mol. The van der Waals surface area contributed by atoms with Crippen molar-refractivity contribution in [2.75, 3.05) is 13.1 Å². The molecule has 3 unspecified atom stereocenters. The summed E-state index contributed by atoms with van der Waals surface area (Å²) in [6, 6.07) is 10.7. The Kier molecular flexibility index (Phi) is 8.25. The first kappa shape index (κ1) is 20.3. The van der Waals surface area contributed by atoms with Crippen LogP contribution in [0.15, 0.2) is 30.3 Å². The lowest BCUT2D eigenvalue weighted by Crippen LogP contribution is -2.37. The van der Waals surface area contributed by atoms with Gasteiger partial charge in [0.15, 0.2) is 0 Å². The summed E-state index contributed by atoms with van der Waals surface area (Å²) in [6.07, 6.45) is 8.23. The minimum atomic E-state index is 0. The maximum atomic E-state index is 12.7. The number of hydrogen-bond acceptors (Lipinski definition) is 2. The Morgan fingerprint density at radius 3 is 2.44 bits per heavy atom. The first-order valence-corrected chi connectivity index (χ1v) is 9.79. The van der Waals surface area contributed by atoms with Crippen molar-refractivity contribution in [1.29, 1.82) is 0 Å². The first-order chi connectivity index (χ1) is 11.7. The van der Waals surface area contributed by atoms with Gasteiger partial charge in [0.25, 0.3) is 0 Å². The van der Waals surface area contributed by atoms with Crippen LogP contribution in [0.5, 0.6) is 0 Å². The van der Waals surface area contributed by atoms with Gasteiger partial charge in [-0.3, -0.25) is 4.79 Å². The zero-order valence-corrected chi connectivity index (χ0v) is 16.2. The van der Waals surface area contributed by atoms with Crippen molar-refractivity contribution in [2.45, 2.75) is 57.9 Å². The van der Waals surface area contributed by atoms with Crippen LogP contribution < -0.4 is 10.6 Å². The quantitative estimate of drug-likeness (QED) is 0.781. The zero-order valence-electron chi connectivity index (χ0n) is 15.4. The Morgan fingerprint density at radius 1 is 1.12 bits per heavy atom. The number of amides is 1. The Morgan fingerprint density at radius 2 is 1.80 bits per heavy atom.